The zero-order valence-electron chi connectivity index (χ0n) is 18.5. The van der Waals surface area contributed by atoms with Crippen molar-refractivity contribution in [2.24, 2.45) is 0 Å². The van der Waals surface area contributed by atoms with Gasteiger partial charge in [0.2, 0.25) is 0 Å². The average molecular weight is 477 g/mol. The van der Waals surface area contributed by atoms with Crippen LogP contribution in [0.5, 0.6) is 5.75 Å². The largest absolute Gasteiger partial charge is 0.488 e. The first-order valence-electron chi connectivity index (χ1n) is 10.3. The number of carbonyl (C=O) groups excluding carboxylic acids is 2. The number of esters is 2. The third-order valence-electron chi connectivity index (χ3n) is 5.09. The van der Waals surface area contributed by atoms with Gasteiger partial charge in [-0.3, -0.25) is 0 Å². The molecule has 3 aromatic carbocycles. The highest BCUT2D eigenvalue weighted by molar-refractivity contribution is 6.31. The van der Waals surface area contributed by atoms with Crippen molar-refractivity contribution in [3.8, 4) is 22.7 Å². The number of para-hydroxylation sites is 1. The van der Waals surface area contributed by atoms with Crippen molar-refractivity contribution in [3.05, 3.63) is 101 Å². The zero-order chi connectivity index (χ0) is 24.1. The van der Waals surface area contributed by atoms with Gasteiger partial charge in [-0.25, -0.2) is 14.3 Å². The summed E-state index contributed by atoms with van der Waals surface area (Å²) in [4.78, 5) is 25.7. The summed E-state index contributed by atoms with van der Waals surface area (Å²) in [7, 11) is 2.47. The smallest absolute Gasteiger partial charge is 0.357 e. The van der Waals surface area contributed by atoms with Crippen molar-refractivity contribution in [2.75, 3.05) is 14.2 Å². The number of methoxy groups -OCH3 is 2. The third-order valence-corrected chi connectivity index (χ3v) is 5.32. The van der Waals surface area contributed by atoms with Crippen molar-refractivity contribution in [1.29, 1.82) is 0 Å². The summed E-state index contributed by atoms with van der Waals surface area (Å²) >= 11 is 6.31. The number of ether oxygens (including phenoxy) is 3. The summed E-state index contributed by atoms with van der Waals surface area (Å²) in [6, 6.07) is 23.6. The molecule has 0 N–H and O–H groups in total. The Morgan fingerprint density at radius 1 is 0.882 bits per heavy atom. The Bertz CT molecular complexity index is 1320. The van der Waals surface area contributed by atoms with Crippen LogP contribution in [-0.4, -0.2) is 35.9 Å². The van der Waals surface area contributed by atoms with Gasteiger partial charge < -0.3 is 14.2 Å². The average Bonchev–Trinajstić information content (AvgIpc) is 3.28. The van der Waals surface area contributed by atoms with E-state index in [1.165, 1.54) is 18.9 Å². The number of carbonyl (C=O) groups is 2. The normalized spacial score (nSPS) is 10.6. The van der Waals surface area contributed by atoms with Crippen molar-refractivity contribution in [2.45, 2.75) is 6.61 Å². The maximum Gasteiger partial charge on any atom is 0.357 e. The lowest BCUT2D eigenvalue weighted by Gasteiger charge is -2.12. The van der Waals surface area contributed by atoms with E-state index in [0.29, 0.717) is 22.0 Å². The standard InChI is InChI=1S/C26H21ClN2O5/c1-32-25(30)22-23(28-29(24(22)26(31)33-2)19-11-7-4-8-12-19)20-15-18(27)13-14-21(20)34-16-17-9-5-3-6-10-17/h3-15H,16H2,1-2H3. The van der Waals surface area contributed by atoms with Crippen LogP contribution in [0.4, 0.5) is 0 Å². The van der Waals surface area contributed by atoms with Gasteiger partial charge in [0.25, 0.3) is 0 Å². The molecule has 0 saturated heterocycles. The fourth-order valence-electron chi connectivity index (χ4n) is 3.49. The van der Waals surface area contributed by atoms with Crippen LogP contribution in [-0.2, 0) is 16.1 Å². The van der Waals surface area contributed by atoms with Gasteiger partial charge in [-0.15, -0.1) is 0 Å². The Morgan fingerprint density at radius 3 is 2.18 bits per heavy atom. The van der Waals surface area contributed by atoms with Gasteiger partial charge in [-0.1, -0.05) is 60.1 Å². The van der Waals surface area contributed by atoms with E-state index in [2.05, 4.69) is 5.10 Å². The molecular weight excluding hydrogens is 456 g/mol. The predicted octanol–water partition coefficient (Wildman–Crippen LogP) is 5.34. The summed E-state index contributed by atoms with van der Waals surface area (Å²) in [6.45, 7) is 0.284. The Balaban J connectivity index is 1.92. The summed E-state index contributed by atoms with van der Waals surface area (Å²) in [6.07, 6.45) is 0. The molecular formula is C26H21ClN2O5. The molecule has 0 fully saturated rings. The lowest BCUT2D eigenvalue weighted by atomic mass is 10.0. The SMILES string of the molecule is COC(=O)c1c(-c2cc(Cl)ccc2OCc2ccccc2)nn(-c2ccccc2)c1C(=O)OC. The molecule has 172 valence electrons. The Labute approximate surface area is 201 Å². The molecule has 0 saturated carbocycles. The molecule has 7 nitrogen and oxygen atoms in total. The van der Waals surface area contributed by atoms with E-state index in [0.717, 1.165) is 5.56 Å². The topological polar surface area (TPSA) is 79.7 Å². The molecule has 1 aromatic heterocycles. The molecule has 0 amide bonds. The van der Waals surface area contributed by atoms with E-state index < -0.39 is 11.9 Å². The molecule has 0 bridgehead atoms. The maximum absolute atomic E-state index is 12.9. The van der Waals surface area contributed by atoms with Crippen molar-refractivity contribution >= 4 is 23.5 Å². The fraction of sp³-hybridized carbons (Fsp3) is 0.115. The molecule has 8 heteroatoms. The molecule has 0 aliphatic carbocycles. The van der Waals surface area contributed by atoms with Crippen LogP contribution >= 0.6 is 11.6 Å². The van der Waals surface area contributed by atoms with E-state index in [-0.39, 0.29) is 23.6 Å². The van der Waals surface area contributed by atoms with Gasteiger partial charge >= 0.3 is 11.9 Å². The summed E-state index contributed by atoms with van der Waals surface area (Å²) in [5, 5.41) is 5.03. The van der Waals surface area contributed by atoms with Crippen LogP contribution in [0.3, 0.4) is 0 Å². The minimum absolute atomic E-state index is 0.0509. The van der Waals surface area contributed by atoms with Crippen molar-refractivity contribution in [1.82, 2.24) is 9.78 Å². The number of halogens is 1. The Hall–Kier alpha value is -4.10. The molecule has 4 aromatic rings. The highest BCUT2D eigenvalue weighted by atomic mass is 35.5. The van der Waals surface area contributed by atoms with E-state index >= 15 is 0 Å². The predicted molar refractivity (Wildman–Crippen MR) is 127 cm³/mol. The molecule has 34 heavy (non-hydrogen) atoms. The minimum Gasteiger partial charge on any atom is -0.488 e. The number of hydrogen-bond acceptors (Lipinski definition) is 6. The van der Waals surface area contributed by atoms with Gasteiger partial charge in [-0.05, 0) is 35.9 Å². The second kappa shape index (κ2) is 10.2. The van der Waals surface area contributed by atoms with Crippen LogP contribution in [0.1, 0.15) is 26.4 Å². The number of benzene rings is 3. The number of nitrogens with zero attached hydrogens (tertiary/aromatic N) is 2. The van der Waals surface area contributed by atoms with Crippen LogP contribution in [0.25, 0.3) is 16.9 Å². The number of rotatable bonds is 7. The first-order chi connectivity index (χ1) is 16.5. The highest BCUT2D eigenvalue weighted by Crippen LogP contribution is 2.37. The van der Waals surface area contributed by atoms with Crippen LogP contribution in [0.2, 0.25) is 5.02 Å². The first-order valence-corrected chi connectivity index (χ1v) is 10.7. The second-order valence-electron chi connectivity index (χ2n) is 7.22. The molecule has 0 aliphatic rings. The maximum atomic E-state index is 12.9. The Kier molecular flexibility index (Phi) is 6.94. The lowest BCUT2D eigenvalue weighted by molar-refractivity contribution is 0.0549. The molecule has 0 aliphatic heterocycles. The zero-order valence-corrected chi connectivity index (χ0v) is 19.3. The first kappa shape index (κ1) is 23.1. The molecule has 4 rings (SSSR count). The van der Waals surface area contributed by atoms with E-state index in [1.54, 1.807) is 42.5 Å². The van der Waals surface area contributed by atoms with Gasteiger partial charge in [0.1, 0.15) is 23.6 Å². The molecule has 1 heterocycles. The molecule has 0 spiro atoms. The van der Waals surface area contributed by atoms with Crippen molar-refractivity contribution in [3.63, 3.8) is 0 Å². The van der Waals surface area contributed by atoms with Gasteiger partial charge in [0.05, 0.1) is 19.9 Å². The van der Waals surface area contributed by atoms with Crippen LogP contribution in [0, 0.1) is 0 Å². The number of aromatic nitrogens is 2. The quantitative estimate of drug-likeness (QED) is 0.335. The van der Waals surface area contributed by atoms with E-state index in [1.807, 2.05) is 36.4 Å². The third kappa shape index (κ3) is 4.65. The molecule has 0 atom stereocenters. The lowest BCUT2D eigenvalue weighted by Crippen LogP contribution is -2.15. The Morgan fingerprint density at radius 2 is 1.53 bits per heavy atom. The summed E-state index contributed by atoms with van der Waals surface area (Å²) in [5.41, 5.74) is 2.02. The molecule has 0 radical (unpaired) electrons. The van der Waals surface area contributed by atoms with E-state index in [9.17, 15) is 9.59 Å². The highest BCUT2D eigenvalue weighted by Gasteiger charge is 2.32. The van der Waals surface area contributed by atoms with Crippen LogP contribution in [0.15, 0.2) is 78.9 Å². The van der Waals surface area contributed by atoms with Crippen LogP contribution < -0.4 is 4.74 Å². The summed E-state index contributed by atoms with van der Waals surface area (Å²) < 4.78 is 17.4. The fourth-order valence-corrected chi connectivity index (χ4v) is 3.66. The van der Waals surface area contributed by atoms with Crippen molar-refractivity contribution < 1.29 is 23.8 Å². The monoisotopic (exact) mass is 476 g/mol. The second-order valence-corrected chi connectivity index (χ2v) is 7.65. The molecule has 0 unspecified atom stereocenters. The summed E-state index contributed by atoms with van der Waals surface area (Å²) in [5.74, 6) is -1.05. The number of hydrogen-bond donors (Lipinski definition) is 0. The van der Waals surface area contributed by atoms with Gasteiger partial charge in [0, 0.05) is 10.6 Å². The van der Waals surface area contributed by atoms with E-state index in [4.69, 9.17) is 25.8 Å². The van der Waals surface area contributed by atoms with Gasteiger partial charge in [0.15, 0.2) is 5.69 Å². The minimum atomic E-state index is -0.744. The van der Waals surface area contributed by atoms with Gasteiger partial charge in [-0.2, -0.15) is 5.10 Å².